The molecule has 2 rings (SSSR count). The van der Waals surface area contributed by atoms with Crippen LogP contribution in [0.4, 0.5) is 8.78 Å². The van der Waals surface area contributed by atoms with Crippen LogP contribution in [0.2, 0.25) is 0 Å². The average molecular weight is 418 g/mol. The number of ether oxygens (including phenoxy) is 1. The average Bonchev–Trinajstić information content (AvgIpc) is 2.98. The lowest BCUT2D eigenvalue weighted by molar-refractivity contribution is -0.0498. The van der Waals surface area contributed by atoms with Gasteiger partial charge in [0.25, 0.3) is 5.91 Å². The highest BCUT2D eigenvalue weighted by Gasteiger charge is 2.25. The van der Waals surface area contributed by atoms with Crippen LogP contribution in [0.5, 0.6) is 5.75 Å². The predicted octanol–water partition coefficient (Wildman–Crippen LogP) is 3.36. The van der Waals surface area contributed by atoms with Gasteiger partial charge in [-0.1, -0.05) is 18.2 Å². The van der Waals surface area contributed by atoms with E-state index in [9.17, 15) is 22.0 Å². The third-order valence-corrected chi connectivity index (χ3v) is 5.95. The fourth-order valence-electron chi connectivity index (χ4n) is 2.28. The number of amides is 1. The molecule has 0 saturated heterocycles. The maximum Gasteiger partial charge on any atom is 0.387 e. The van der Waals surface area contributed by atoms with Gasteiger partial charge in [0, 0.05) is 12.1 Å². The van der Waals surface area contributed by atoms with E-state index >= 15 is 0 Å². The van der Waals surface area contributed by atoms with Gasteiger partial charge in [-0.15, -0.1) is 11.3 Å². The van der Waals surface area contributed by atoms with Gasteiger partial charge in [0.15, 0.2) is 0 Å². The first-order chi connectivity index (χ1) is 12.5. The molecule has 0 aliphatic rings. The first-order valence-electron chi connectivity index (χ1n) is 7.92. The molecule has 148 valence electrons. The van der Waals surface area contributed by atoms with E-state index in [2.05, 4.69) is 14.8 Å². The van der Waals surface area contributed by atoms with Gasteiger partial charge in [-0.2, -0.15) is 8.78 Å². The van der Waals surface area contributed by atoms with E-state index in [0.29, 0.717) is 5.56 Å². The Morgan fingerprint density at radius 1 is 1.22 bits per heavy atom. The molecule has 2 N–H and O–H groups in total. The van der Waals surface area contributed by atoms with Crippen molar-refractivity contribution in [2.24, 2.45) is 0 Å². The number of halogens is 2. The molecule has 1 aromatic heterocycles. The third kappa shape index (κ3) is 5.98. The molecule has 2 aromatic rings. The maximum absolute atomic E-state index is 12.6. The topological polar surface area (TPSA) is 84.5 Å². The molecule has 0 atom stereocenters. The molecular weight excluding hydrogens is 398 g/mol. The van der Waals surface area contributed by atoms with Gasteiger partial charge < -0.3 is 10.1 Å². The highest BCUT2D eigenvalue weighted by Crippen LogP contribution is 2.26. The van der Waals surface area contributed by atoms with Crippen molar-refractivity contribution < 1.29 is 26.7 Å². The normalized spacial score (nSPS) is 12.2. The number of thiophene rings is 1. The highest BCUT2D eigenvalue weighted by molar-refractivity contribution is 7.89. The second kappa shape index (κ2) is 8.32. The summed E-state index contributed by atoms with van der Waals surface area (Å²) in [6.07, 6.45) is 0. The molecule has 0 radical (unpaired) electrons. The van der Waals surface area contributed by atoms with Crippen molar-refractivity contribution in [1.29, 1.82) is 0 Å². The van der Waals surface area contributed by atoms with E-state index in [4.69, 9.17) is 0 Å². The van der Waals surface area contributed by atoms with Gasteiger partial charge in [0.2, 0.25) is 10.0 Å². The van der Waals surface area contributed by atoms with Crippen molar-refractivity contribution in [1.82, 2.24) is 10.0 Å². The largest absolute Gasteiger partial charge is 0.433 e. The summed E-state index contributed by atoms with van der Waals surface area (Å²) in [7, 11) is -3.80. The second-order valence-electron chi connectivity index (χ2n) is 6.64. The number of alkyl halides is 2. The second-order valence-corrected chi connectivity index (χ2v) is 9.21. The van der Waals surface area contributed by atoms with Crippen molar-refractivity contribution in [2.45, 2.75) is 44.4 Å². The monoisotopic (exact) mass is 418 g/mol. The van der Waals surface area contributed by atoms with Gasteiger partial charge in [-0.25, -0.2) is 13.1 Å². The molecule has 0 saturated carbocycles. The predicted molar refractivity (Wildman–Crippen MR) is 98.6 cm³/mol. The molecule has 1 heterocycles. The SMILES string of the molecule is CC(C)(C)NS(=O)(=O)c1ccccc1CNC(=O)c1sccc1OC(F)F. The molecule has 1 aromatic carbocycles. The van der Waals surface area contributed by atoms with Crippen molar-refractivity contribution in [3.63, 3.8) is 0 Å². The highest BCUT2D eigenvalue weighted by atomic mass is 32.2. The summed E-state index contributed by atoms with van der Waals surface area (Å²) < 4.78 is 56.8. The van der Waals surface area contributed by atoms with Gasteiger partial charge in [-0.05, 0) is 43.8 Å². The van der Waals surface area contributed by atoms with Crippen molar-refractivity contribution >= 4 is 27.3 Å². The van der Waals surface area contributed by atoms with E-state index in [1.807, 2.05) is 0 Å². The number of benzene rings is 1. The summed E-state index contributed by atoms with van der Waals surface area (Å²) in [5.74, 6) is -0.848. The summed E-state index contributed by atoms with van der Waals surface area (Å²) in [5.41, 5.74) is -0.302. The Hall–Kier alpha value is -2.04. The Balaban J connectivity index is 2.18. The number of sulfonamides is 1. The summed E-state index contributed by atoms with van der Waals surface area (Å²) in [6.45, 7) is 2.02. The van der Waals surface area contributed by atoms with E-state index in [-0.39, 0.29) is 22.1 Å². The van der Waals surface area contributed by atoms with Crippen LogP contribution in [0.25, 0.3) is 0 Å². The molecule has 1 amide bonds. The zero-order valence-corrected chi connectivity index (χ0v) is 16.6. The molecule has 0 spiro atoms. The quantitative estimate of drug-likeness (QED) is 0.722. The Morgan fingerprint density at radius 2 is 1.89 bits per heavy atom. The first-order valence-corrected chi connectivity index (χ1v) is 10.3. The first kappa shape index (κ1) is 21.3. The van der Waals surface area contributed by atoms with Crippen molar-refractivity contribution in [2.75, 3.05) is 0 Å². The minimum Gasteiger partial charge on any atom is -0.433 e. The van der Waals surface area contributed by atoms with Crippen LogP contribution in [0, 0.1) is 0 Å². The van der Waals surface area contributed by atoms with Crippen LogP contribution in [-0.4, -0.2) is 26.5 Å². The zero-order valence-electron chi connectivity index (χ0n) is 15.0. The van der Waals surface area contributed by atoms with Gasteiger partial charge in [0.05, 0.1) is 4.90 Å². The zero-order chi connectivity index (χ0) is 20.2. The smallest absolute Gasteiger partial charge is 0.387 e. The van der Waals surface area contributed by atoms with Crippen molar-refractivity contribution in [3.8, 4) is 5.75 Å². The Morgan fingerprint density at radius 3 is 2.52 bits per heavy atom. The molecule has 6 nitrogen and oxygen atoms in total. The molecule has 0 unspecified atom stereocenters. The summed E-state index contributed by atoms with van der Waals surface area (Å²) in [6, 6.07) is 7.51. The minimum absolute atomic E-state index is 0.0107. The fourth-order valence-corrected chi connectivity index (χ4v) is 4.68. The van der Waals surface area contributed by atoms with Crippen molar-refractivity contribution in [3.05, 3.63) is 46.2 Å². The molecule has 27 heavy (non-hydrogen) atoms. The molecule has 0 bridgehead atoms. The number of carbonyl (C=O) groups is 1. The number of hydrogen-bond acceptors (Lipinski definition) is 5. The summed E-state index contributed by atoms with van der Waals surface area (Å²) in [4.78, 5) is 12.3. The van der Waals surface area contributed by atoms with E-state index in [0.717, 1.165) is 11.3 Å². The van der Waals surface area contributed by atoms with E-state index < -0.39 is 28.1 Å². The van der Waals surface area contributed by atoms with Crippen LogP contribution < -0.4 is 14.8 Å². The van der Waals surface area contributed by atoms with Crippen LogP contribution in [0.3, 0.4) is 0 Å². The Labute approximate surface area is 160 Å². The lowest BCUT2D eigenvalue weighted by Crippen LogP contribution is -2.41. The van der Waals surface area contributed by atoms with E-state index in [1.165, 1.54) is 17.5 Å². The van der Waals surface area contributed by atoms with Gasteiger partial charge in [-0.3, -0.25) is 4.79 Å². The standard InChI is InChI=1S/C17H20F2N2O4S2/c1-17(2,3)21-27(23,24)13-7-5-4-6-11(13)10-20-15(22)14-12(8-9-26-14)25-16(18)19/h4-9,16,21H,10H2,1-3H3,(H,20,22). The number of rotatable bonds is 7. The van der Waals surface area contributed by atoms with Crippen LogP contribution in [-0.2, 0) is 16.6 Å². The van der Waals surface area contributed by atoms with E-state index in [1.54, 1.807) is 39.0 Å². The Bertz CT molecular complexity index is 906. The van der Waals surface area contributed by atoms with Gasteiger partial charge >= 0.3 is 6.61 Å². The van der Waals surface area contributed by atoms with Crippen LogP contribution >= 0.6 is 11.3 Å². The number of carbonyl (C=O) groups excluding carboxylic acids is 1. The molecule has 10 heteroatoms. The number of hydrogen-bond donors (Lipinski definition) is 2. The van der Waals surface area contributed by atoms with Crippen LogP contribution in [0.15, 0.2) is 40.6 Å². The lowest BCUT2D eigenvalue weighted by atomic mass is 10.1. The Kier molecular flexibility index (Phi) is 6.55. The lowest BCUT2D eigenvalue weighted by Gasteiger charge is -2.21. The third-order valence-electron chi connectivity index (χ3n) is 3.19. The maximum atomic E-state index is 12.6. The summed E-state index contributed by atoms with van der Waals surface area (Å²) in [5, 5.41) is 4.00. The molecule has 0 fully saturated rings. The fraction of sp³-hybridized carbons (Fsp3) is 0.353. The van der Waals surface area contributed by atoms with Gasteiger partial charge in [0.1, 0.15) is 10.6 Å². The molecular formula is C17H20F2N2O4S2. The molecule has 0 aliphatic carbocycles. The minimum atomic E-state index is -3.80. The molecule has 0 aliphatic heterocycles. The number of nitrogens with one attached hydrogen (secondary N) is 2. The summed E-state index contributed by atoms with van der Waals surface area (Å²) >= 11 is 0.951. The van der Waals surface area contributed by atoms with Crippen LogP contribution in [0.1, 0.15) is 36.0 Å².